The molecule has 0 radical (unpaired) electrons. The standard InChI is InChI=1S/C10H21N.H2O/c1-3-8-11-9-6-5-7-10(11)4-2;/h10H,3-9H2,1-2H3;1H2. The lowest BCUT2D eigenvalue weighted by molar-refractivity contribution is 0.144. The highest BCUT2D eigenvalue weighted by atomic mass is 16.0. The second-order valence-corrected chi connectivity index (χ2v) is 3.59. The summed E-state index contributed by atoms with van der Waals surface area (Å²) in [6.45, 7) is 7.27. The molecule has 74 valence electrons. The molecular weight excluding hydrogens is 150 g/mol. The van der Waals surface area contributed by atoms with Crippen molar-refractivity contribution >= 4 is 0 Å². The average molecular weight is 173 g/mol. The predicted molar refractivity (Wildman–Crippen MR) is 53.4 cm³/mol. The molecule has 0 saturated carbocycles. The van der Waals surface area contributed by atoms with Gasteiger partial charge in [-0.25, -0.2) is 0 Å². The van der Waals surface area contributed by atoms with E-state index in [2.05, 4.69) is 18.7 Å². The third-order valence-electron chi connectivity index (χ3n) is 2.73. The van der Waals surface area contributed by atoms with Crippen LogP contribution < -0.4 is 0 Å². The quantitative estimate of drug-likeness (QED) is 0.641. The first-order chi connectivity index (χ1) is 5.38. The first kappa shape index (κ1) is 11.9. The van der Waals surface area contributed by atoms with Crippen LogP contribution in [0, 0.1) is 0 Å². The Morgan fingerprint density at radius 2 is 2.00 bits per heavy atom. The summed E-state index contributed by atoms with van der Waals surface area (Å²) in [6.07, 6.45) is 6.99. The minimum Gasteiger partial charge on any atom is -0.412 e. The van der Waals surface area contributed by atoms with E-state index in [1.54, 1.807) is 0 Å². The zero-order chi connectivity index (χ0) is 8.10. The monoisotopic (exact) mass is 173 g/mol. The van der Waals surface area contributed by atoms with Gasteiger partial charge in [-0.2, -0.15) is 0 Å². The van der Waals surface area contributed by atoms with Gasteiger partial charge in [-0.05, 0) is 38.8 Å². The van der Waals surface area contributed by atoms with Gasteiger partial charge in [0.1, 0.15) is 0 Å². The molecule has 0 spiro atoms. The Hall–Kier alpha value is -0.0800. The van der Waals surface area contributed by atoms with Gasteiger partial charge in [0.05, 0.1) is 0 Å². The molecule has 1 saturated heterocycles. The summed E-state index contributed by atoms with van der Waals surface area (Å²) in [5, 5.41) is 0. The largest absolute Gasteiger partial charge is 0.412 e. The van der Waals surface area contributed by atoms with Gasteiger partial charge in [0.2, 0.25) is 0 Å². The van der Waals surface area contributed by atoms with Crippen molar-refractivity contribution in [2.75, 3.05) is 13.1 Å². The first-order valence-corrected chi connectivity index (χ1v) is 5.12. The van der Waals surface area contributed by atoms with Crippen LogP contribution in [0.25, 0.3) is 0 Å². The van der Waals surface area contributed by atoms with Crippen molar-refractivity contribution in [3.05, 3.63) is 0 Å². The van der Waals surface area contributed by atoms with Gasteiger partial charge >= 0.3 is 0 Å². The van der Waals surface area contributed by atoms with Crippen LogP contribution in [-0.4, -0.2) is 29.5 Å². The summed E-state index contributed by atoms with van der Waals surface area (Å²) in [6, 6.07) is 0.906. The number of hydrogen-bond acceptors (Lipinski definition) is 1. The molecule has 0 aromatic carbocycles. The molecule has 1 atom stereocenters. The van der Waals surface area contributed by atoms with E-state index in [0.29, 0.717) is 0 Å². The maximum Gasteiger partial charge on any atom is 0.00926 e. The van der Waals surface area contributed by atoms with Crippen LogP contribution in [0.5, 0.6) is 0 Å². The lowest BCUT2D eigenvalue weighted by Crippen LogP contribution is -2.39. The number of rotatable bonds is 3. The summed E-state index contributed by atoms with van der Waals surface area (Å²) in [5.74, 6) is 0. The summed E-state index contributed by atoms with van der Waals surface area (Å²) in [5.41, 5.74) is 0. The molecule has 1 rings (SSSR count). The van der Waals surface area contributed by atoms with Gasteiger partial charge < -0.3 is 10.4 Å². The van der Waals surface area contributed by atoms with Crippen LogP contribution in [0.2, 0.25) is 0 Å². The molecule has 0 aliphatic carbocycles. The SMILES string of the molecule is CCCN1CCCCC1CC.O. The summed E-state index contributed by atoms with van der Waals surface area (Å²) >= 11 is 0. The van der Waals surface area contributed by atoms with Gasteiger partial charge in [0.25, 0.3) is 0 Å². The number of likely N-dealkylation sites (tertiary alicyclic amines) is 1. The third-order valence-corrected chi connectivity index (χ3v) is 2.73. The lowest BCUT2D eigenvalue weighted by atomic mass is 10.00. The Morgan fingerprint density at radius 3 is 2.58 bits per heavy atom. The van der Waals surface area contributed by atoms with Crippen LogP contribution >= 0.6 is 0 Å². The molecule has 1 aliphatic heterocycles. The molecule has 1 heterocycles. The molecule has 0 aromatic heterocycles. The van der Waals surface area contributed by atoms with Gasteiger partial charge in [-0.1, -0.05) is 20.3 Å². The van der Waals surface area contributed by atoms with Gasteiger partial charge in [-0.3, -0.25) is 0 Å². The van der Waals surface area contributed by atoms with E-state index in [-0.39, 0.29) is 5.48 Å². The fourth-order valence-corrected chi connectivity index (χ4v) is 2.10. The van der Waals surface area contributed by atoms with Crippen molar-refractivity contribution < 1.29 is 5.48 Å². The average Bonchev–Trinajstić information content (AvgIpc) is 2.06. The summed E-state index contributed by atoms with van der Waals surface area (Å²) < 4.78 is 0. The third kappa shape index (κ3) is 3.11. The van der Waals surface area contributed by atoms with E-state index in [0.717, 1.165) is 6.04 Å². The maximum atomic E-state index is 2.67. The number of hydrogen-bond donors (Lipinski definition) is 0. The van der Waals surface area contributed by atoms with E-state index >= 15 is 0 Å². The highest BCUT2D eigenvalue weighted by molar-refractivity contribution is 4.74. The van der Waals surface area contributed by atoms with Crippen molar-refractivity contribution in [1.82, 2.24) is 4.90 Å². The Morgan fingerprint density at radius 1 is 1.25 bits per heavy atom. The maximum absolute atomic E-state index is 2.67. The molecule has 2 nitrogen and oxygen atoms in total. The number of nitrogens with zero attached hydrogens (tertiary/aromatic N) is 1. The van der Waals surface area contributed by atoms with E-state index < -0.39 is 0 Å². The van der Waals surface area contributed by atoms with Crippen molar-refractivity contribution in [2.45, 2.75) is 52.0 Å². The predicted octanol–water partition coefficient (Wildman–Crippen LogP) is 1.84. The van der Waals surface area contributed by atoms with E-state index in [4.69, 9.17) is 0 Å². The fraction of sp³-hybridized carbons (Fsp3) is 1.00. The second kappa shape index (κ2) is 6.44. The molecule has 0 bridgehead atoms. The highest BCUT2D eigenvalue weighted by Crippen LogP contribution is 2.18. The molecule has 2 N–H and O–H groups in total. The Kier molecular flexibility index (Phi) is 6.39. The van der Waals surface area contributed by atoms with Crippen molar-refractivity contribution in [3.8, 4) is 0 Å². The molecule has 12 heavy (non-hydrogen) atoms. The van der Waals surface area contributed by atoms with Crippen molar-refractivity contribution in [1.29, 1.82) is 0 Å². The topological polar surface area (TPSA) is 34.7 Å². The Bertz CT molecular complexity index is 104. The Labute approximate surface area is 76.3 Å². The molecule has 1 aliphatic rings. The molecular formula is C10H23NO. The molecule has 1 fully saturated rings. The zero-order valence-electron chi connectivity index (χ0n) is 8.47. The van der Waals surface area contributed by atoms with E-state index in [1.165, 1.54) is 45.2 Å². The fourth-order valence-electron chi connectivity index (χ4n) is 2.10. The Balaban J connectivity index is 0.00000121. The lowest BCUT2D eigenvalue weighted by Gasteiger charge is -2.34. The van der Waals surface area contributed by atoms with Crippen molar-refractivity contribution in [2.24, 2.45) is 0 Å². The minimum absolute atomic E-state index is 0. The summed E-state index contributed by atoms with van der Waals surface area (Å²) in [7, 11) is 0. The van der Waals surface area contributed by atoms with Gasteiger partial charge in [0.15, 0.2) is 0 Å². The van der Waals surface area contributed by atoms with Crippen LogP contribution in [0.15, 0.2) is 0 Å². The first-order valence-electron chi connectivity index (χ1n) is 5.12. The summed E-state index contributed by atoms with van der Waals surface area (Å²) in [4.78, 5) is 2.67. The normalized spacial score (nSPS) is 25.0. The molecule has 0 amide bonds. The molecule has 0 aromatic rings. The smallest absolute Gasteiger partial charge is 0.00926 e. The zero-order valence-corrected chi connectivity index (χ0v) is 8.47. The van der Waals surface area contributed by atoms with Gasteiger partial charge in [0, 0.05) is 6.04 Å². The van der Waals surface area contributed by atoms with Crippen LogP contribution in [0.1, 0.15) is 46.0 Å². The second-order valence-electron chi connectivity index (χ2n) is 3.59. The minimum atomic E-state index is 0. The van der Waals surface area contributed by atoms with Crippen LogP contribution in [-0.2, 0) is 0 Å². The van der Waals surface area contributed by atoms with Crippen LogP contribution in [0.4, 0.5) is 0 Å². The van der Waals surface area contributed by atoms with Crippen LogP contribution in [0.3, 0.4) is 0 Å². The van der Waals surface area contributed by atoms with Crippen molar-refractivity contribution in [3.63, 3.8) is 0 Å². The number of piperidine rings is 1. The highest BCUT2D eigenvalue weighted by Gasteiger charge is 2.18. The van der Waals surface area contributed by atoms with E-state index in [1.807, 2.05) is 0 Å². The molecule has 1 unspecified atom stereocenters. The van der Waals surface area contributed by atoms with E-state index in [9.17, 15) is 0 Å². The van der Waals surface area contributed by atoms with Gasteiger partial charge in [-0.15, -0.1) is 0 Å². The molecule has 2 heteroatoms.